The molecule has 0 aliphatic rings. The Hall–Kier alpha value is -0.970. The molecule has 0 saturated heterocycles. The quantitative estimate of drug-likeness (QED) is 0.522. The number of likely N-dealkylation sites (N-methyl/N-ethyl adjacent to an activating group) is 1. The van der Waals surface area contributed by atoms with Crippen molar-refractivity contribution in [2.75, 3.05) is 13.7 Å². The van der Waals surface area contributed by atoms with Crippen molar-refractivity contribution in [3.63, 3.8) is 0 Å². The van der Waals surface area contributed by atoms with Crippen molar-refractivity contribution in [3.05, 3.63) is 12.7 Å². The number of halogens is 2. The number of esters is 1. The van der Waals surface area contributed by atoms with E-state index in [0.717, 1.165) is 0 Å². The van der Waals surface area contributed by atoms with Gasteiger partial charge in [0.15, 0.2) is 6.61 Å². The SMILES string of the molecule is C=CC(F)(F)COC(=O)C(C)NC. The minimum atomic E-state index is -3.15. The van der Waals surface area contributed by atoms with Crippen LogP contribution in [0.2, 0.25) is 0 Å². The second-order valence-corrected chi connectivity index (χ2v) is 2.58. The van der Waals surface area contributed by atoms with Crippen molar-refractivity contribution in [3.8, 4) is 0 Å². The summed E-state index contributed by atoms with van der Waals surface area (Å²) in [6.45, 7) is 3.48. The van der Waals surface area contributed by atoms with Gasteiger partial charge in [-0.25, -0.2) is 0 Å². The lowest BCUT2D eigenvalue weighted by molar-refractivity contribution is -0.153. The van der Waals surface area contributed by atoms with Crippen LogP contribution in [0.5, 0.6) is 0 Å². The number of ether oxygens (including phenoxy) is 1. The van der Waals surface area contributed by atoms with E-state index in [1.54, 1.807) is 0 Å². The van der Waals surface area contributed by atoms with Crippen LogP contribution >= 0.6 is 0 Å². The normalized spacial score (nSPS) is 13.5. The fourth-order valence-corrected chi connectivity index (χ4v) is 0.469. The largest absolute Gasteiger partial charge is 0.458 e. The summed E-state index contributed by atoms with van der Waals surface area (Å²) in [4.78, 5) is 10.9. The van der Waals surface area contributed by atoms with E-state index in [4.69, 9.17) is 0 Å². The Labute approximate surface area is 75.8 Å². The number of nitrogens with one attached hydrogen (secondary N) is 1. The molecule has 0 aromatic rings. The lowest BCUT2D eigenvalue weighted by Gasteiger charge is -2.14. The van der Waals surface area contributed by atoms with Crippen LogP contribution in [0.3, 0.4) is 0 Å². The van der Waals surface area contributed by atoms with E-state index in [1.165, 1.54) is 14.0 Å². The summed E-state index contributed by atoms with van der Waals surface area (Å²) in [5, 5.41) is 2.57. The molecule has 1 unspecified atom stereocenters. The summed E-state index contributed by atoms with van der Waals surface area (Å²) in [5.41, 5.74) is 0. The lowest BCUT2D eigenvalue weighted by atomic mass is 10.3. The average Bonchev–Trinajstić information content (AvgIpc) is 2.13. The van der Waals surface area contributed by atoms with Crippen LogP contribution in [0.25, 0.3) is 0 Å². The molecule has 3 nitrogen and oxygen atoms in total. The first kappa shape index (κ1) is 12.0. The van der Waals surface area contributed by atoms with Gasteiger partial charge in [-0.05, 0) is 20.0 Å². The number of hydrogen-bond acceptors (Lipinski definition) is 3. The number of alkyl halides is 2. The smallest absolute Gasteiger partial charge is 0.323 e. The highest BCUT2D eigenvalue weighted by atomic mass is 19.3. The van der Waals surface area contributed by atoms with E-state index in [-0.39, 0.29) is 0 Å². The summed E-state index contributed by atoms with van der Waals surface area (Å²) >= 11 is 0. The zero-order chi connectivity index (χ0) is 10.5. The van der Waals surface area contributed by atoms with Gasteiger partial charge in [0.05, 0.1) is 0 Å². The highest BCUT2D eigenvalue weighted by Gasteiger charge is 2.27. The fourth-order valence-electron chi connectivity index (χ4n) is 0.469. The van der Waals surface area contributed by atoms with Gasteiger partial charge in [0.25, 0.3) is 5.92 Å². The predicted molar refractivity (Wildman–Crippen MR) is 44.6 cm³/mol. The van der Waals surface area contributed by atoms with Gasteiger partial charge in [0.1, 0.15) is 6.04 Å². The first-order chi connectivity index (χ1) is 5.93. The molecule has 0 aromatic carbocycles. The maximum atomic E-state index is 12.5. The second kappa shape index (κ2) is 4.91. The Kier molecular flexibility index (Phi) is 4.55. The first-order valence-electron chi connectivity index (χ1n) is 3.78. The van der Waals surface area contributed by atoms with Crippen LogP contribution in [0.15, 0.2) is 12.7 Å². The zero-order valence-electron chi connectivity index (χ0n) is 7.64. The van der Waals surface area contributed by atoms with E-state index in [1.807, 2.05) is 0 Å². The van der Waals surface area contributed by atoms with Gasteiger partial charge in [0.2, 0.25) is 0 Å². The highest BCUT2D eigenvalue weighted by molar-refractivity contribution is 5.75. The van der Waals surface area contributed by atoms with E-state index in [2.05, 4.69) is 16.6 Å². The van der Waals surface area contributed by atoms with Gasteiger partial charge in [0, 0.05) is 0 Å². The molecule has 0 amide bonds. The van der Waals surface area contributed by atoms with Gasteiger partial charge in [-0.15, -0.1) is 0 Å². The Bertz CT molecular complexity index is 195. The molecule has 5 heteroatoms. The molecule has 0 aromatic heterocycles. The molecule has 13 heavy (non-hydrogen) atoms. The van der Waals surface area contributed by atoms with Crippen molar-refractivity contribution < 1.29 is 18.3 Å². The van der Waals surface area contributed by atoms with Crippen molar-refractivity contribution in [1.29, 1.82) is 0 Å². The molecule has 0 heterocycles. The molecule has 0 bridgehead atoms. The molecule has 0 saturated carbocycles. The fraction of sp³-hybridized carbons (Fsp3) is 0.625. The zero-order valence-corrected chi connectivity index (χ0v) is 7.64. The van der Waals surface area contributed by atoms with Gasteiger partial charge in [-0.1, -0.05) is 6.58 Å². The summed E-state index contributed by atoms with van der Waals surface area (Å²) < 4.78 is 29.3. The maximum absolute atomic E-state index is 12.5. The van der Waals surface area contributed by atoms with E-state index >= 15 is 0 Å². The lowest BCUT2D eigenvalue weighted by Crippen LogP contribution is -2.35. The van der Waals surface area contributed by atoms with Gasteiger partial charge in [-0.3, -0.25) is 4.79 Å². The van der Waals surface area contributed by atoms with Crippen LogP contribution in [-0.4, -0.2) is 31.6 Å². The monoisotopic (exact) mass is 193 g/mol. The number of carbonyl (C=O) groups excluding carboxylic acids is 1. The van der Waals surface area contributed by atoms with E-state index in [9.17, 15) is 13.6 Å². The van der Waals surface area contributed by atoms with Crippen LogP contribution in [0.4, 0.5) is 8.78 Å². The van der Waals surface area contributed by atoms with Crippen LogP contribution < -0.4 is 5.32 Å². The number of carbonyl (C=O) groups is 1. The topological polar surface area (TPSA) is 38.3 Å². The minimum Gasteiger partial charge on any atom is -0.458 e. The third-order valence-electron chi connectivity index (χ3n) is 1.49. The van der Waals surface area contributed by atoms with Crippen LogP contribution in [0.1, 0.15) is 6.92 Å². The molecular weight excluding hydrogens is 180 g/mol. The molecular formula is C8H13F2NO2. The third-order valence-corrected chi connectivity index (χ3v) is 1.49. The molecule has 0 fully saturated rings. The second-order valence-electron chi connectivity index (χ2n) is 2.58. The molecule has 0 rings (SSSR count). The minimum absolute atomic E-state index is 0.449. The van der Waals surface area contributed by atoms with Crippen molar-refractivity contribution >= 4 is 5.97 Å². The van der Waals surface area contributed by atoms with Crippen molar-refractivity contribution in [1.82, 2.24) is 5.32 Å². The maximum Gasteiger partial charge on any atom is 0.323 e. The summed E-state index contributed by atoms with van der Waals surface area (Å²) in [6.07, 6.45) is 0.449. The Morgan fingerprint density at radius 1 is 1.77 bits per heavy atom. The van der Waals surface area contributed by atoms with Crippen molar-refractivity contribution in [2.24, 2.45) is 0 Å². The van der Waals surface area contributed by atoms with Gasteiger partial charge in [-0.2, -0.15) is 8.78 Å². The van der Waals surface area contributed by atoms with Crippen LogP contribution in [0, 0.1) is 0 Å². The van der Waals surface area contributed by atoms with E-state index in [0.29, 0.717) is 6.08 Å². The number of rotatable bonds is 5. The highest BCUT2D eigenvalue weighted by Crippen LogP contribution is 2.14. The summed E-state index contributed by atoms with van der Waals surface area (Å²) in [6, 6.07) is -0.583. The molecule has 1 N–H and O–H groups in total. The average molecular weight is 193 g/mol. The third kappa shape index (κ3) is 4.57. The number of hydrogen-bond donors (Lipinski definition) is 1. The van der Waals surface area contributed by atoms with E-state index < -0.39 is 24.5 Å². The molecule has 0 spiro atoms. The molecule has 76 valence electrons. The molecule has 0 radical (unpaired) electrons. The predicted octanol–water partition coefficient (Wildman–Crippen LogP) is 0.959. The Morgan fingerprint density at radius 2 is 2.31 bits per heavy atom. The van der Waals surface area contributed by atoms with Crippen molar-refractivity contribution in [2.45, 2.75) is 18.9 Å². The molecule has 1 atom stereocenters. The molecule has 0 aliphatic heterocycles. The summed E-state index contributed by atoms with van der Waals surface area (Å²) in [7, 11) is 1.54. The molecule has 0 aliphatic carbocycles. The van der Waals surface area contributed by atoms with Gasteiger partial charge >= 0.3 is 5.97 Å². The Balaban J connectivity index is 3.89. The van der Waals surface area contributed by atoms with Crippen LogP contribution in [-0.2, 0) is 9.53 Å². The standard InChI is InChI=1S/C8H13F2NO2/c1-4-8(9,10)5-13-7(12)6(2)11-3/h4,6,11H,1,5H2,2-3H3. The first-order valence-corrected chi connectivity index (χ1v) is 3.78. The Morgan fingerprint density at radius 3 is 2.69 bits per heavy atom. The summed E-state index contributed by atoms with van der Waals surface area (Å²) in [5.74, 6) is -3.85. The van der Waals surface area contributed by atoms with Gasteiger partial charge < -0.3 is 10.1 Å².